The highest BCUT2D eigenvalue weighted by Gasteiger charge is 2.47. The number of methoxy groups -OCH3 is 1. The van der Waals surface area contributed by atoms with Crippen molar-refractivity contribution in [2.24, 2.45) is 15.7 Å². The first-order chi connectivity index (χ1) is 9.49. The Balaban J connectivity index is 2.42. The number of halogens is 2. The number of benzene rings is 1. The summed E-state index contributed by atoms with van der Waals surface area (Å²) >= 11 is 11.8. The van der Waals surface area contributed by atoms with Gasteiger partial charge in [0.05, 0.1) is 7.11 Å². The van der Waals surface area contributed by atoms with Crippen LogP contribution in [0.15, 0.2) is 40.3 Å². The number of alkyl halides is 2. The van der Waals surface area contributed by atoms with E-state index in [0.717, 1.165) is 5.56 Å². The summed E-state index contributed by atoms with van der Waals surface area (Å²) in [6, 6.07) is 9.13. The third-order valence-corrected chi connectivity index (χ3v) is 3.36. The minimum absolute atomic E-state index is 0.00301. The number of carbonyl (C=O) groups is 1. The maximum atomic E-state index is 11.4. The van der Waals surface area contributed by atoms with Crippen molar-refractivity contribution in [2.75, 3.05) is 7.11 Å². The molecule has 3 N–H and O–H groups in total. The molecule has 0 bridgehead atoms. The molecule has 0 saturated heterocycles. The third kappa shape index (κ3) is 2.57. The van der Waals surface area contributed by atoms with Gasteiger partial charge in [0.25, 0.3) is 0 Å². The number of aliphatic imine (C=N–C) groups is 2. The smallest absolute Gasteiger partial charge is 0.409 e. The SMILES string of the molecule is COC(=O)NC1(C(Cl)Cl)N=C(c2ccccc2)N=C1N. The molecule has 1 atom stereocenters. The number of carbonyl (C=O) groups excluding carboxylic acids is 1. The molecule has 1 aromatic carbocycles. The molecule has 0 saturated carbocycles. The van der Waals surface area contributed by atoms with Crippen molar-refractivity contribution in [3.8, 4) is 0 Å². The van der Waals surface area contributed by atoms with Crippen LogP contribution in [0, 0.1) is 0 Å². The Labute approximate surface area is 125 Å². The van der Waals surface area contributed by atoms with E-state index in [1.807, 2.05) is 18.2 Å². The molecule has 1 aliphatic heterocycles. The van der Waals surface area contributed by atoms with Crippen LogP contribution in [0.1, 0.15) is 5.56 Å². The number of ether oxygens (including phenoxy) is 1. The predicted molar refractivity (Wildman–Crippen MR) is 78.4 cm³/mol. The van der Waals surface area contributed by atoms with E-state index in [1.54, 1.807) is 12.1 Å². The van der Waals surface area contributed by atoms with E-state index in [-0.39, 0.29) is 5.84 Å². The van der Waals surface area contributed by atoms with E-state index in [0.29, 0.717) is 5.84 Å². The summed E-state index contributed by atoms with van der Waals surface area (Å²) < 4.78 is 4.53. The second kappa shape index (κ2) is 5.68. The molecule has 0 aliphatic carbocycles. The fourth-order valence-corrected chi connectivity index (χ4v) is 2.11. The fourth-order valence-electron chi connectivity index (χ4n) is 1.68. The van der Waals surface area contributed by atoms with Crippen molar-refractivity contribution >= 4 is 41.0 Å². The van der Waals surface area contributed by atoms with Gasteiger partial charge >= 0.3 is 6.09 Å². The number of amidine groups is 2. The maximum Gasteiger partial charge on any atom is 0.409 e. The molecule has 1 amide bonds. The minimum Gasteiger partial charge on any atom is -0.453 e. The Bertz CT molecular complexity index is 574. The highest BCUT2D eigenvalue weighted by atomic mass is 35.5. The normalized spacial score (nSPS) is 21.4. The number of alkyl carbamates (subject to hydrolysis) is 1. The van der Waals surface area contributed by atoms with Crippen LogP contribution in [0.4, 0.5) is 4.79 Å². The van der Waals surface area contributed by atoms with Gasteiger partial charge in [-0.05, 0) is 0 Å². The molecule has 1 aromatic rings. The molecule has 2 rings (SSSR count). The summed E-state index contributed by atoms with van der Waals surface area (Å²) in [5, 5.41) is 2.42. The lowest BCUT2D eigenvalue weighted by molar-refractivity contribution is 0.164. The van der Waals surface area contributed by atoms with Gasteiger partial charge in [0.2, 0.25) is 5.66 Å². The lowest BCUT2D eigenvalue weighted by Gasteiger charge is -2.27. The summed E-state index contributed by atoms with van der Waals surface area (Å²) in [5.74, 6) is 0.336. The number of rotatable bonds is 3. The highest BCUT2D eigenvalue weighted by Crippen LogP contribution is 2.28. The average molecular weight is 315 g/mol. The van der Waals surface area contributed by atoms with Crippen LogP contribution >= 0.6 is 23.2 Å². The second-order valence-electron chi connectivity index (χ2n) is 3.98. The van der Waals surface area contributed by atoms with Crippen LogP contribution < -0.4 is 11.1 Å². The zero-order valence-electron chi connectivity index (χ0n) is 10.5. The molecule has 106 valence electrons. The van der Waals surface area contributed by atoms with Gasteiger partial charge in [-0.1, -0.05) is 53.5 Å². The summed E-state index contributed by atoms with van der Waals surface area (Å²) in [6.45, 7) is 0. The predicted octanol–water partition coefficient (Wildman–Crippen LogP) is 1.66. The first kappa shape index (κ1) is 14.6. The Morgan fingerprint density at radius 3 is 2.60 bits per heavy atom. The Kier molecular flexibility index (Phi) is 4.15. The van der Waals surface area contributed by atoms with Gasteiger partial charge in [-0.2, -0.15) is 0 Å². The molecular formula is C12H12Cl2N4O2. The van der Waals surface area contributed by atoms with Crippen LogP contribution in [0.5, 0.6) is 0 Å². The number of hydrogen-bond donors (Lipinski definition) is 2. The van der Waals surface area contributed by atoms with Crippen LogP contribution in [-0.4, -0.2) is 35.4 Å². The standard InChI is InChI=1S/C12H12Cl2N4O2/c1-20-11(19)18-12(9(13)14)10(15)16-8(17-12)7-5-3-2-4-6-7/h2-6,9H,1H3,(H,18,19)(H2,15,16,17). The molecule has 0 spiro atoms. The average Bonchev–Trinajstić information content (AvgIpc) is 2.78. The van der Waals surface area contributed by atoms with Crippen molar-refractivity contribution in [3.05, 3.63) is 35.9 Å². The van der Waals surface area contributed by atoms with Gasteiger partial charge in [-0.15, -0.1) is 0 Å². The summed E-state index contributed by atoms with van der Waals surface area (Å²) in [5.41, 5.74) is 5.05. The molecule has 20 heavy (non-hydrogen) atoms. The van der Waals surface area contributed by atoms with Gasteiger partial charge in [-0.3, -0.25) is 5.32 Å². The lowest BCUT2D eigenvalue weighted by Crippen LogP contribution is -2.59. The molecule has 1 unspecified atom stereocenters. The van der Waals surface area contributed by atoms with Gasteiger partial charge in [0, 0.05) is 5.56 Å². The zero-order chi connectivity index (χ0) is 14.8. The quantitative estimate of drug-likeness (QED) is 0.831. The van der Waals surface area contributed by atoms with Crippen molar-refractivity contribution in [1.82, 2.24) is 5.32 Å². The van der Waals surface area contributed by atoms with Gasteiger partial charge in [-0.25, -0.2) is 14.8 Å². The molecule has 0 radical (unpaired) electrons. The minimum atomic E-state index is -1.53. The van der Waals surface area contributed by atoms with Crippen molar-refractivity contribution < 1.29 is 9.53 Å². The summed E-state index contributed by atoms with van der Waals surface area (Å²) in [7, 11) is 1.21. The second-order valence-corrected chi connectivity index (χ2v) is 5.08. The molecular weight excluding hydrogens is 303 g/mol. The molecule has 6 nitrogen and oxygen atoms in total. The number of hydrogen-bond acceptors (Lipinski definition) is 5. The zero-order valence-corrected chi connectivity index (χ0v) is 12.0. The monoisotopic (exact) mass is 314 g/mol. The highest BCUT2D eigenvalue weighted by molar-refractivity contribution is 6.47. The largest absolute Gasteiger partial charge is 0.453 e. The fraction of sp³-hybridized carbons (Fsp3) is 0.250. The molecule has 0 fully saturated rings. The first-order valence-electron chi connectivity index (χ1n) is 5.64. The van der Waals surface area contributed by atoms with Crippen LogP contribution in [0.2, 0.25) is 0 Å². The van der Waals surface area contributed by atoms with E-state index in [2.05, 4.69) is 20.0 Å². The van der Waals surface area contributed by atoms with Crippen LogP contribution in [-0.2, 0) is 4.74 Å². The Morgan fingerprint density at radius 1 is 1.40 bits per heavy atom. The van der Waals surface area contributed by atoms with E-state index in [4.69, 9.17) is 28.9 Å². The Hall–Kier alpha value is -1.79. The number of nitrogens with zero attached hydrogens (tertiary/aromatic N) is 2. The summed E-state index contributed by atoms with van der Waals surface area (Å²) in [6.07, 6.45) is -0.757. The third-order valence-electron chi connectivity index (χ3n) is 2.72. The number of amides is 1. The topological polar surface area (TPSA) is 89.1 Å². The van der Waals surface area contributed by atoms with Gasteiger partial charge in [0.15, 0.2) is 16.5 Å². The molecule has 1 heterocycles. The number of nitrogens with two attached hydrogens (primary N) is 1. The molecule has 0 aromatic heterocycles. The summed E-state index contributed by atoms with van der Waals surface area (Å²) in [4.78, 5) is 18.7. The van der Waals surface area contributed by atoms with Crippen molar-refractivity contribution in [2.45, 2.75) is 10.5 Å². The van der Waals surface area contributed by atoms with E-state index < -0.39 is 16.6 Å². The van der Waals surface area contributed by atoms with Crippen LogP contribution in [0.25, 0.3) is 0 Å². The maximum absolute atomic E-state index is 11.4. The van der Waals surface area contributed by atoms with E-state index in [1.165, 1.54) is 7.11 Å². The molecule has 1 aliphatic rings. The Morgan fingerprint density at radius 2 is 2.05 bits per heavy atom. The van der Waals surface area contributed by atoms with Gasteiger partial charge in [0.1, 0.15) is 0 Å². The van der Waals surface area contributed by atoms with E-state index in [9.17, 15) is 4.79 Å². The van der Waals surface area contributed by atoms with Crippen molar-refractivity contribution in [1.29, 1.82) is 0 Å². The van der Waals surface area contributed by atoms with Crippen molar-refractivity contribution in [3.63, 3.8) is 0 Å². The van der Waals surface area contributed by atoms with E-state index >= 15 is 0 Å². The number of nitrogens with one attached hydrogen (secondary N) is 1. The van der Waals surface area contributed by atoms with Crippen LogP contribution in [0.3, 0.4) is 0 Å². The lowest BCUT2D eigenvalue weighted by atomic mass is 10.2. The molecule has 8 heteroatoms. The first-order valence-corrected chi connectivity index (χ1v) is 6.51. The van der Waals surface area contributed by atoms with Gasteiger partial charge < -0.3 is 10.5 Å².